The zero-order valence-corrected chi connectivity index (χ0v) is 13.8. The fourth-order valence-corrected chi connectivity index (χ4v) is 4.06. The molecule has 0 atom stereocenters. The minimum atomic E-state index is -0.339. The molecule has 2 heterocycles. The van der Waals surface area contributed by atoms with Crippen LogP contribution < -0.4 is 4.74 Å². The monoisotopic (exact) mass is 330 g/mol. The molecule has 0 spiro atoms. The van der Waals surface area contributed by atoms with Crippen LogP contribution in [0.2, 0.25) is 0 Å². The highest BCUT2D eigenvalue weighted by molar-refractivity contribution is 7.18. The number of ether oxygens (including phenoxy) is 2. The summed E-state index contributed by atoms with van der Waals surface area (Å²) < 4.78 is 10.2. The van der Waals surface area contributed by atoms with Crippen molar-refractivity contribution in [2.45, 2.75) is 0 Å². The highest BCUT2D eigenvalue weighted by atomic mass is 32.1. The summed E-state index contributed by atoms with van der Waals surface area (Å²) in [4.78, 5) is 13.3. The second kappa shape index (κ2) is 6.34. The van der Waals surface area contributed by atoms with Crippen molar-refractivity contribution in [2.75, 3.05) is 14.2 Å². The molecular weight excluding hydrogens is 316 g/mol. The van der Waals surface area contributed by atoms with Crippen LogP contribution in [-0.2, 0) is 4.74 Å². The number of methoxy groups -OCH3 is 2. The maximum atomic E-state index is 11.7. The van der Waals surface area contributed by atoms with Gasteiger partial charge in [-0.1, -0.05) is 41.7 Å². The Kier molecular flexibility index (Phi) is 4.27. The Hall–Kier alpha value is -2.11. The van der Waals surface area contributed by atoms with Gasteiger partial charge < -0.3 is 9.47 Å². The maximum absolute atomic E-state index is 11.7. The number of hydrogen-bond acceptors (Lipinski definition) is 5. The molecule has 0 bridgehead atoms. The van der Waals surface area contributed by atoms with Gasteiger partial charge >= 0.3 is 5.97 Å². The molecule has 5 heteroatoms. The van der Waals surface area contributed by atoms with E-state index >= 15 is 0 Å². The molecule has 0 N–H and O–H groups in total. The Morgan fingerprint density at radius 1 is 1.05 bits per heavy atom. The molecule has 1 aromatic carbocycles. The molecule has 3 nitrogen and oxygen atoms in total. The molecule has 0 unspecified atom stereocenters. The zero-order valence-electron chi connectivity index (χ0n) is 12.2. The van der Waals surface area contributed by atoms with E-state index in [1.807, 2.05) is 24.3 Å². The SMILES string of the molecule is COC(=O)c1cc(-c2cc(-c3ccccc3)cs2)c(OC)s1. The van der Waals surface area contributed by atoms with Crippen LogP contribution in [0.25, 0.3) is 21.6 Å². The highest BCUT2D eigenvalue weighted by Gasteiger charge is 2.18. The van der Waals surface area contributed by atoms with Gasteiger partial charge in [-0.15, -0.1) is 11.3 Å². The van der Waals surface area contributed by atoms with Gasteiger partial charge in [0.2, 0.25) is 0 Å². The molecule has 3 aromatic rings. The van der Waals surface area contributed by atoms with Crippen LogP contribution in [0.5, 0.6) is 5.06 Å². The fourth-order valence-electron chi connectivity index (χ4n) is 2.16. The summed E-state index contributed by atoms with van der Waals surface area (Å²) in [6, 6.07) is 14.1. The van der Waals surface area contributed by atoms with Crippen molar-refractivity contribution in [3.05, 3.63) is 52.7 Å². The van der Waals surface area contributed by atoms with Crippen LogP contribution in [0, 0.1) is 0 Å². The second-order valence-electron chi connectivity index (χ2n) is 4.57. The van der Waals surface area contributed by atoms with E-state index < -0.39 is 0 Å². The van der Waals surface area contributed by atoms with Crippen molar-refractivity contribution in [3.8, 4) is 26.6 Å². The third kappa shape index (κ3) is 2.77. The van der Waals surface area contributed by atoms with E-state index in [2.05, 4.69) is 23.6 Å². The molecule has 0 aliphatic heterocycles. The van der Waals surface area contributed by atoms with Gasteiger partial charge in [0.25, 0.3) is 0 Å². The number of rotatable bonds is 4. The van der Waals surface area contributed by atoms with Gasteiger partial charge in [0.1, 0.15) is 4.88 Å². The van der Waals surface area contributed by atoms with Crippen LogP contribution in [0.3, 0.4) is 0 Å². The van der Waals surface area contributed by atoms with Gasteiger partial charge in [0.05, 0.1) is 14.2 Å². The molecule has 3 rings (SSSR count). The van der Waals surface area contributed by atoms with E-state index in [9.17, 15) is 4.79 Å². The van der Waals surface area contributed by atoms with E-state index in [0.29, 0.717) is 4.88 Å². The maximum Gasteiger partial charge on any atom is 0.348 e. The first kappa shape index (κ1) is 14.8. The summed E-state index contributed by atoms with van der Waals surface area (Å²) in [6.07, 6.45) is 0. The van der Waals surface area contributed by atoms with Crippen molar-refractivity contribution >= 4 is 28.6 Å². The largest absolute Gasteiger partial charge is 0.487 e. The van der Waals surface area contributed by atoms with Crippen molar-refractivity contribution < 1.29 is 14.3 Å². The van der Waals surface area contributed by atoms with Crippen LogP contribution in [0.15, 0.2) is 47.8 Å². The topological polar surface area (TPSA) is 35.5 Å². The van der Waals surface area contributed by atoms with Gasteiger partial charge in [-0.2, -0.15) is 0 Å². The van der Waals surface area contributed by atoms with Gasteiger partial charge in [-0.3, -0.25) is 0 Å². The van der Waals surface area contributed by atoms with Gasteiger partial charge in [-0.05, 0) is 28.6 Å². The molecule has 0 amide bonds. The third-order valence-corrected chi connectivity index (χ3v) is 5.28. The Balaban J connectivity index is 2.00. The lowest BCUT2D eigenvalue weighted by atomic mass is 10.1. The Morgan fingerprint density at radius 2 is 1.82 bits per heavy atom. The lowest BCUT2D eigenvalue weighted by Gasteiger charge is -1.98. The van der Waals surface area contributed by atoms with E-state index in [-0.39, 0.29) is 5.97 Å². The van der Waals surface area contributed by atoms with Crippen LogP contribution in [-0.4, -0.2) is 20.2 Å². The number of thiophene rings is 2. The molecule has 0 aliphatic carbocycles. The predicted molar refractivity (Wildman–Crippen MR) is 91.0 cm³/mol. The number of carbonyl (C=O) groups is 1. The molecule has 0 radical (unpaired) electrons. The number of esters is 1. The Bertz CT molecular complexity index is 787. The van der Waals surface area contributed by atoms with Crippen LogP contribution >= 0.6 is 22.7 Å². The van der Waals surface area contributed by atoms with E-state index in [0.717, 1.165) is 21.1 Å². The first-order valence-electron chi connectivity index (χ1n) is 6.63. The quantitative estimate of drug-likeness (QED) is 0.636. The smallest absolute Gasteiger partial charge is 0.348 e. The minimum absolute atomic E-state index is 0.339. The van der Waals surface area contributed by atoms with E-state index in [1.54, 1.807) is 18.4 Å². The summed E-state index contributed by atoms with van der Waals surface area (Å²) in [5.41, 5.74) is 3.26. The molecule has 0 saturated heterocycles. The Labute approximate surface area is 136 Å². The summed E-state index contributed by atoms with van der Waals surface area (Å²) in [5, 5.41) is 2.83. The van der Waals surface area contributed by atoms with E-state index in [1.165, 1.54) is 24.0 Å². The predicted octanol–water partition coefficient (Wildman–Crippen LogP) is 4.94. The lowest BCUT2D eigenvalue weighted by Crippen LogP contribution is -1.96. The molecule has 2 aromatic heterocycles. The lowest BCUT2D eigenvalue weighted by molar-refractivity contribution is 0.0606. The minimum Gasteiger partial charge on any atom is -0.487 e. The fraction of sp³-hybridized carbons (Fsp3) is 0.118. The first-order valence-corrected chi connectivity index (χ1v) is 8.33. The average Bonchev–Trinajstić information content (AvgIpc) is 3.21. The van der Waals surface area contributed by atoms with Gasteiger partial charge in [0.15, 0.2) is 5.06 Å². The molecular formula is C17H14O3S2. The first-order chi connectivity index (χ1) is 10.7. The zero-order chi connectivity index (χ0) is 15.5. The Morgan fingerprint density at radius 3 is 2.50 bits per heavy atom. The van der Waals surface area contributed by atoms with Crippen molar-refractivity contribution in [3.63, 3.8) is 0 Å². The third-order valence-electron chi connectivity index (χ3n) is 3.24. The summed E-state index contributed by atoms with van der Waals surface area (Å²) in [6.45, 7) is 0. The highest BCUT2D eigenvalue weighted by Crippen LogP contribution is 2.42. The van der Waals surface area contributed by atoms with Gasteiger partial charge in [0, 0.05) is 10.4 Å². The summed E-state index contributed by atoms with van der Waals surface area (Å²) in [5.74, 6) is -0.339. The van der Waals surface area contributed by atoms with Crippen LogP contribution in [0.1, 0.15) is 9.67 Å². The number of benzene rings is 1. The van der Waals surface area contributed by atoms with Crippen LogP contribution in [0.4, 0.5) is 0 Å². The van der Waals surface area contributed by atoms with E-state index in [4.69, 9.17) is 9.47 Å². The number of hydrogen-bond donors (Lipinski definition) is 0. The second-order valence-corrected chi connectivity index (χ2v) is 6.50. The summed E-state index contributed by atoms with van der Waals surface area (Å²) in [7, 11) is 2.99. The number of carbonyl (C=O) groups excluding carboxylic acids is 1. The molecule has 22 heavy (non-hydrogen) atoms. The molecule has 0 fully saturated rings. The normalized spacial score (nSPS) is 10.5. The van der Waals surface area contributed by atoms with Crippen molar-refractivity contribution in [1.29, 1.82) is 0 Å². The molecule has 0 aliphatic rings. The molecule has 112 valence electrons. The summed E-state index contributed by atoms with van der Waals surface area (Å²) >= 11 is 2.94. The standard InChI is InChI=1S/C17H14O3S2/c1-19-16(18)15-9-13(17(20-2)22-15)14-8-12(10-21-14)11-6-4-3-5-7-11/h3-10H,1-2H3. The average molecular weight is 330 g/mol. The van der Waals surface area contributed by atoms with Gasteiger partial charge in [-0.25, -0.2) is 4.79 Å². The molecule has 0 saturated carbocycles. The van der Waals surface area contributed by atoms with Crippen molar-refractivity contribution in [1.82, 2.24) is 0 Å². The van der Waals surface area contributed by atoms with Crippen molar-refractivity contribution in [2.24, 2.45) is 0 Å².